The van der Waals surface area contributed by atoms with Crippen LogP contribution in [-0.4, -0.2) is 6.04 Å². The quantitative estimate of drug-likeness (QED) is 0.433. The molecule has 1 aliphatic heterocycles. The van der Waals surface area contributed by atoms with E-state index < -0.39 is 8.30 Å². The molecule has 1 fully saturated rings. The molecule has 0 spiro atoms. The van der Waals surface area contributed by atoms with Crippen LogP contribution in [0.1, 0.15) is 43.2 Å². The van der Waals surface area contributed by atoms with Crippen LogP contribution in [0, 0.1) is 13.8 Å². The summed E-state index contributed by atoms with van der Waals surface area (Å²) >= 11 is 0. The summed E-state index contributed by atoms with van der Waals surface area (Å²) in [5, 5.41) is 1.34. The molecule has 0 amide bonds. The molecular weight excluding hydrogens is 373 g/mol. The Balaban J connectivity index is 1.69. The Bertz CT molecular complexity index is 1000. The number of rotatable bonds is 3. The van der Waals surface area contributed by atoms with Gasteiger partial charge in [0.25, 0.3) is 0 Å². The minimum Gasteiger partial charge on any atom is -0.448 e. The van der Waals surface area contributed by atoms with Crippen molar-refractivity contribution in [2.24, 2.45) is 0 Å². The average molecular weight is 401 g/mol. The zero-order valence-corrected chi connectivity index (χ0v) is 18.2. The molecule has 0 N–H and O–H groups in total. The van der Waals surface area contributed by atoms with Crippen LogP contribution in [0.5, 0.6) is 5.75 Å². The van der Waals surface area contributed by atoms with E-state index >= 15 is 0 Å². The van der Waals surface area contributed by atoms with Gasteiger partial charge in [-0.3, -0.25) is 0 Å². The summed E-state index contributed by atoms with van der Waals surface area (Å²) in [7, 11) is -0.936. The summed E-state index contributed by atoms with van der Waals surface area (Å²) < 4.78 is 9.50. The molecule has 0 aromatic heterocycles. The van der Waals surface area contributed by atoms with E-state index in [1.54, 1.807) is 0 Å². The van der Waals surface area contributed by atoms with Gasteiger partial charge in [-0.25, -0.2) is 0 Å². The molecule has 0 radical (unpaired) electrons. The molecule has 0 saturated heterocycles. The molecule has 1 atom stereocenters. The number of benzene rings is 3. The van der Waals surface area contributed by atoms with Gasteiger partial charge in [0.15, 0.2) is 0 Å². The lowest BCUT2D eigenvalue weighted by Crippen LogP contribution is -2.38. The predicted molar refractivity (Wildman–Crippen MR) is 124 cm³/mol. The van der Waals surface area contributed by atoms with Crippen LogP contribution < -0.4 is 14.5 Å². The average Bonchev–Trinajstić information content (AvgIpc) is 2.77. The van der Waals surface area contributed by atoms with E-state index in [9.17, 15) is 0 Å². The maximum absolute atomic E-state index is 6.83. The summed E-state index contributed by atoms with van der Waals surface area (Å²) in [4.78, 5) is 0. The molecule has 1 aliphatic carbocycles. The third-order valence-electron chi connectivity index (χ3n) is 6.26. The largest absolute Gasteiger partial charge is 0.448 e. The highest BCUT2D eigenvalue weighted by atomic mass is 31.2. The summed E-state index contributed by atoms with van der Waals surface area (Å²) in [5.41, 5.74) is 6.61. The van der Waals surface area contributed by atoms with Crippen molar-refractivity contribution < 1.29 is 4.52 Å². The van der Waals surface area contributed by atoms with E-state index in [1.807, 2.05) is 0 Å². The highest BCUT2D eigenvalue weighted by Crippen LogP contribution is 2.55. The highest BCUT2D eigenvalue weighted by Gasteiger charge is 2.37. The number of fused-ring (bicyclic) bond motifs is 3. The van der Waals surface area contributed by atoms with Crippen LogP contribution in [0.3, 0.4) is 0 Å². The molecule has 0 bridgehead atoms. The monoisotopic (exact) mass is 401 g/mol. The van der Waals surface area contributed by atoms with Crippen molar-refractivity contribution in [3.05, 3.63) is 77.9 Å². The lowest BCUT2D eigenvalue weighted by Gasteiger charge is -2.43. The fourth-order valence-electron chi connectivity index (χ4n) is 4.85. The van der Waals surface area contributed by atoms with Crippen LogP contribution in [-0.2, 0) is 0 Å². The summed E-state index contributed by atoms with van der Waals surface area (Å²) in [5.74, 6) is 1.02. The second kappa shape index (κ2) is 7.84. The molecule has 3 heteroatoms. The normalized spacial score (nSPS) is 18.5. The molecule has 1 heterocycles. The molecule has 3 aromatic rings. The molecule has 5 rings (SSSR count). The Kier molecular flexibility index (Phi) is 5.06. The Morgan fingerprint density at radius 3 is 2.17 bits per heavy atom. The maximum Gasteiger partial charge on any atom is 0.226 e. The minimum absolute atomic E-state index is 0.535. The molecular formula is C26H28NOP. The topological polar surface area (TPSA) is 12.5 Å². The van der Waals surface area contributed by atoms with E-state index in [4.69, 9.17) is 4.52 Å². The molecule has 1 saturated carbocycles. The number of hydrogen-bond donors (Lipinski definition) is 0. The van der Waals surface area contributed by atoms with Gasteiger partial charge in [0.2, 0.25) is 8.30 Å². The summed E-state index contributed by atoms with van der Waals surface area (Å²) in [6.45, 7) is 4.49. The van der Waals surface area contributed by atoms with Gasteiger partial charge in [-0.2, -0.15) is 0 Å². The summed E-state index contributed by atoms with van der Waals surface area (Å²) in [6.07, 6.45) is 6.48. The Morgan fingerprint density at radius 1 is 0.759 bits per heavy atom. The van der Waals surface area contributed by atoms with Crippen LogP contribution in [0.15, 0.2) is 66.7 Å². The van der Waals surface area contributed by atoms with E-state index in [1.165, 1.54) is 65.3 Å². The SMILES string of the molecule is Cc1cccc(C)c1N(C1CCCCC1)P1Oc2ccccc2-c2ccccc21. The molecule has 2 aliphatic rings. The Morgan fingerprint density at radius 2 is 1.41 bits per heavy atom. The second-order valence-corrected chi connectivity index (χ2v) is 9.90. The Hall–Kier alpha value is -2.31. The van der Waals surface area contributed by atoms with Gasteiger partial charge in [0.1, 0.15) is 5.75 Å². The molecule has 1 unspecified atom stereocenters. The zero-order chi connectivity index (χ0) is 19.8. The zero-order valence-electron chi connectivity index (χ0n) is 17.3. The van der Waals surface area contributed by atoms with Gasteiger partial charge >= 0.3 is 0 Å². The smallest absolute Gasteiger partial charge is 0.226 e. The highest BCUT2D eigenvalue weighted by molar-refractivity contribution is 7.63. The first kappa shape index (κ1) is 18.7. The van der Waals surface area contributed by atoms with Crippen molar-refractivity contribution in [2.75, 3.05) is 4.67 Å². The minimum atomic E-state index is -0.936. The van der Waals surface area contributed by atoms with Crippen molar-refractivity contribution in [1.29, 1.82) is 0 Å². The van der Waals surface area contributed by atoms with Crippen LogP contribution >= 0.6 is 8.30 Å². The van der Waals surface area contributed by atoms with Crippen molar-refractivity contribution in [3.63, 3.8) is 0 Å². The number of nitrogens with zero attached hydrogens (tertiary/aromatic N) is 1. The lowest BCUT2D eigenvalue weighted by molar-refractivity contribution is 0.438. The number of hydrogen-bond acceptors (Lipinski definition) is 2. The predicted octanol–water partition coefficient (Wildman–Crippen LogP) is 7.14. The van der Waals surface area contributed by atoms with E-state index in [0.717, 1.165) is 5.75 Å². The van der Waals surface area contributed by atoms with Crippen molar-refractivity contribution in [3.8, 4) is 16.9 Å². The first-order valence-electron chi connectivity index (χ1n) is 10.8. The number of anilines is 1. The lowest BCUT2D eigenvalue weighted by atomic mass is 9.94. The molecule has 2 nitrogen and oxygen atoms in total. The number of aryl methyl sites for hydroxylation is 2. The number of para-hydroxylation sites is 2. The van der Waals surface area contributed by atoms with Gasteiger partial charge in [0.05, 0.1) is 0 Å². The van der Waals surface area contributed by atoms with Gasteiger partial charge < -0.3 is 9.19 Å². The molecule has 29 heavy (non-hydrogen) atoms. The van der Waals surface area contributed by atoms with Crippen LogP contribution in [0.25, 0.3) is 11.1 Å². The third-order valence-corrected chi connectivity index (χ3v) is 8.35. The van der Waals surface area contributed by atoms with Crippen LogP contribution in [0.4, 0.5) is 5.69 Å². The fourth-order valence-corrected chi connectivity index (χ4v) is 7.26. The van der Waals surface area contributed by atoms with Gasteiger partial charge in [-0.1, -0.05) is 73.9 Å². The van der Waals surface area contributed by atoms with Crippen LogP contribution in [0.2, 0.25) is 0 Å². The fraction of sp³-hybridized carbons (Fsp3) is 0.308. The summed E-state index contributed by atoms with van der Waals surface area (Å²) in [6, 6.07) is 24.6. The Labute approximate surface area is 175 Å². The molecule has 148 valence electrons. The van der Waals surface area contributed by atoms with Crippen molar-refractivity contribution in [2.45, 2.75) is 52.0 Å². The molecule has 3 aromatic carbocycles. The first-order valence-corrected chi connectivity index (χ1v) is 12.0. The first-order chi connectivity index (χ1) is 14.2. The van der Waals surface area contributed by atoms with E-state index in [0.29, 0.717) is 6.04 Å². The standard InChI is InChI=1S/C26H28NOP/c1-19-11-10-12-20(2)26(19)27(21-13-4-3-5-14-21)29-25-18-9-7-16-23(25)22-15-6-8-17-24(22)28-29/h6-12,15-18,21H,3-5,13-14H2,1-2H3. The van der Waals surface area contributed by atoms with Crippen molar-refractivity contribution >= 4 is 19.3 Å². The van der Waals surface area contributed by atoms with E-state index in [2.05, 4.69) is 85.2 Å². The van der Waals surface area contributed by atoms with Gasteiger partial charge in [-0.05, 0) is 55.5 Å². The van der Waals surface area contributed by atoms with Crippen molar-refractivity contribution in [1.82, 2.24) is 0 Å². The third kappa shape index (κ3) is 3.34. The van der Waals surface area contributed by atoms with Gasteiger partial charge in [0, 0.05) is 22.6 Å². The second-order valence-electron chi connectivity index (χ2n) is 8.25. The van der Waals surface area contributed by atoms with E-state index in [-0.39, 0.29) is 0 Å². The van der Waals surface area contributed by atoms with Gasteiger partial charge in [-0.15, -0.1) is 0 Å². The maximum atomic E-state index is 6.83.